The lowest BCUT2D eigenvalue weighted by molar-refractivity contribution is -0.894. The molecule has 0 aliphatic carbocycles. The van der Waals surface area contributed by atoms with Gasteiger partial charge in [-0.3, -0.25) is 0 Å². The van der Waals surface area contributed by atoms with Crippen LogP contribution in [0.4, 0.5) is 0 Å². The van der Waals surface area contributed by atoms with E-state index in [1.165, 1.54) is 110 Å². The van der Waals surface area contributed by atoms with Gasteiger partial charge in [-0.05, 0) is 33.6 Å². The molecule has 0 radical (unpaired) electrons. The van der Waals surface area contributed by atoms with E-state index in [4.69, 9.17) is 0 Å². The average molecular weight is 598 g/mol. The summed E-state index contributed by atoms with van der Waals surface area (Å²) in [6, 6.07) is 0. The first kappa shape index (κ1) is 34.9. The molecule has 0 amide bonds. The molecule has 164 valence electrons. The molecule has 0 aliphatic heterocycles. The van der Waals surface area contributed by atoms with E-state index in [0.717, 1.165) is 6.54 Å². The zero-order valence-corrected chi connectivity index (χ0v) is 23.0. The topological polar surface area (TPSA) is 32.1 Å². The number of unbranched alkanes of at least 4 members (excludes halogenated alkanes) is 13. The number of nitrogens with one attached hydrogen (secondary N) is 1. The van der Waals surface area contributed by atoms with Crippen LogP contribution in [0.5, 0.6) is 0 Å². The number of halogens is 2. The highest BCUT2D eigenvalue weighted by atomic mass is 127. The average Bonchev–Trinajstić information content (AvgIpc) is 2.61. The third-order valence-electron chi connectivity index (χ3n) is 5.10. The van der Waals surface area contributed by atoms with Gasteiger partial charge >= 0.3 is 0 Å². The molecule has 0 heterocycles. The van der Waals surface area contributed by atoms with Gasteiger partial charge < -0.3 is 58.6 Å². The third kappa shape index (κ3) is 33.0. The largest absolute Gasteiger partial charge is 1.00 e. The zero-order valence-electron chi connectivity index (χ0n) is 18.7. The first-order valence-electron chi connectivity index (χ1n) is 11.4. The molecule has 0 aromatic carbocycles. The van der Waals surface area contributed by atoms with Gasteiger partial charge in [0.15, 0.2) is 0 Å². The second-order valence-electron chi connectivity index (χ2n) is 7.26. The molecular weight excluding hydrogens is 546 g/mol. The van der Waals surface area contributed by atoms with Gasteiger partial charge in [-0.15, -0.1) is 0 Å². The first-order chi connectivity index (χ1) is 11.8. The Morgan fingerprint density at radius 1 is 0.462 bits per heavy atom. The van der Waals surface area contributed by atoms with Crippen LogP contribution in [0.1, 0.15) is 118 Å². The van der Waals surface area contributed by atoms with Gasteiger partial charge in [-0.25, -0.2) is 0 Å². The fourth-order valence-electron chi connectivity index (χ4n) is 3.12. The van der Waals surface area contributed by atoms with Crippen molar-refractivity contribution in [1.29, 1.82) is 0 Å². The molecule has 0 fully saturated rings. The molecule has 0 atom stereocenters. The predicted octanol–water partition coefficient (Wildman–Crippen LogP) is -1.35. The summed E-state index contributed by atoms with van der Waals surface area (Å²) in [5.41, 5.74) is 3.88. The van der Waals surface area contributed by atoms with Crippen LogP contribution in [0.2, 0.25) is 0 Å². The molecule has 0 aromatic rings. The minimum absolute atomic E-state index is 0. The zero-order chi connectivity index (χ0) is 18.3. The maximum Gasteiger partial charge on any atom is 0.0742 e. The van der Waals surface area contributed by atoms with Crippen LogP contribution in [0, 0.1) is 0 Å². The normalized spacial score (nSPS) is 9.92. The Bertz CT molecular complexity index is 181. The molecule has 26 heavy (non-hydrogen) atoms. The van der Waals surface area contributed by atoms with E-state index in [-0.39, 0.29) is 48.0 Å². The molecule has 0 bridgehead atoms. The van der Waals surface area contributed by atoms with Crippen molar-refractivity contribution in [3.8, 4) is 0 Å². The van der Waals surface area contributed by atoms with Gasteiger partial charge in [0.25, 0.3) is 0 Å². The summed E-state index contributed by atoms with van der Waals surface area (Å²) in [7, 11) is 0. The Balaban J connectivity index is -0.000000230. The Morgan fingerprint density at radius 2 is 0.731 bits per heavy atom. The van der Waals surface area contributed by atoms with Crippen molar-refractivity contribution in [2.75, 3.05) is 26.2 Å². The highest BCUT2D eigenvalue weighted by molar-refractivity contribution is 4.48. The SMILES string of the molecule is CCCCCCCCCCCCCCCC[NH3+].CC[NH+](CC)CC.[I-].[I-]. The molecule has 4 N–H and O–H groups in total. The third-order valence-corrected chi connectivity index (χ3v) is 5.10. The van der Waals surface area contributed by atoms with Gasteiger partial charge in [0.1, 0.15) is 0 Å². The minimum atomic E-state index is 0. The minimum Gasteiger partial charge on any atom is -1.00 e. The van der Waals surface area contributed by atoms with Crippen molar-refractivity contribution in [3.05, 3.63) is 0 Å². The summed E-state index contributed by atoms with van der Waals surface area (Å²) in [6.45, 7) is 13.9. The van der Waals surface area contributed by atoms with Crippen molar-refractivity contribution >= 4 is 0 Å². The molecule has 0 rings (SSSR count). The highest BCUT2D eigenvalue weighted by Gasteiger charge is 1.94. The van der Waals surface area contributed by atoms with Crippen LogP contribution < -0.4 is 58.6 Å². The van der Waals surface area contributed by atoms with Gasteiger partial charge in [0, 0.05) is 0 Å². The molecule has 0 saturated heterocycles. The fraction of sp³-hybridized carbons (Fsp3) is 1.00. The fourth-order valence-corrected chi connectivity index (χ4v) is 3.12. The quantitative estimate of drug-likeness (QED) is 0.154. The monoisotopic (exact) mass is 598 g/mol. The van der Waals surface area contributed by atoms with Crippen LogP contribution in [0.25, 0.3) is 0 Å². The highest BCUT2D eigenvalue weighted by Crippen LogP contribution is 2.12. The van der Waals surface area contributed by atoms with E-state index in [2.05, 4.69) is 33.4 Å². The van der Waals surface area contributed by atoms with E-state index in [0.29, 0.717) is 0 Å². The number of hydrogen-bond acceptors (Lipinski definition) is 0. The Hall–Kier alpha value is 1.38. The molecular formula is C22H52I2N2. The molecule has 2 nitrogen and oxygen atoms in total. The standard InChI is InChI=1S/C16H35N.C6H15N.2HI/c1-2-3-4-5-6-7-8-9-10-11-12-13-14-15-16-17;1-4-7(5-2)6-3;;/h2-17H2,1H3;4-6H2,1-3H3;2*1H. The van der Waals surface area contributed by atoms with Crippen molar-refractivity contribution in [2.45, 2.75) is 118 Å². The molecule has 0 spiro atoms. The van der Waals surface area contributed by atoms with Crippen LogP contribution in [0.3, 0.4) is 0 Å². The van der Waals surface area contributed by atoms with E-state index in [9.17, 15) is 0 Å². The molecule has 0 unspecified atom stereocenters. The summed E-state index contributed by atoms with van der Waals surface area (Å²) < 4.78 is 0. The van der Waals surface area contributed by atoms with Gasteiger partial charge in [-0.2, -0.15) is 0 Å². The number of hydrogen-bond donors (Lipinski definition) is 2. The van der Waals surface area contributed by atoms with Crippen molar-refractivity contribution in [2.24, 2.45) is 0 Å². The van der Waals surface area contributed by atoms with Crippen LogP contribution in [0.15, 0.2) is 0 Å². The number of rotatable bonds is 17. The van der Waals surface area contributed by atoms with Gasteiger partial charge in [-0.1, -0.05) is 84.0 Å². The number of quaternary nitrogens is 2. The van der Waals surface area contributed by atoms with Crippen molar-refractivity contribution in [1.82, 2.24) is 0 Å². The lowest BCUT2D eigenvalue weighted by Crippen LogP contribution is -3.11. The van der Waals surface area contributed by atoms with Crippen LogP contribution >= 0.6 is 0 Å². The molecule has 0 saturated carbocycles. The van der Waals surface area contributed by atoms with Crippen molar-refractivity contribution < 1.29 is 58.6 Å². The second-order valence-corrected chi connectivity index (χ2v) is 7.26. The van der Waals surface area contributed by atoms with E-state index < -0.39 is 0 Å². The lowest BCUT2D eigenvalue weighted by Gasteiger charge is -2.10. The summed E-state index contributed by atoms with van der Waals surface area (Å²) in [5.74, 6) is 0. The van der Waals surface area contributed by atoms with E-state index in [1.807, 2.05) is 0 Å². The summed E-state index contributed by atoms with van der Waals surface area (Å²) >= 11 is 0. The van der Waals surface area contributed by atoms with Crippen molar-refractivity contribution in [3.63, 3.8) is 0 Å². The Kier molecular flexibility index (Phi) is 45.5. The maximum absolute atomic E-state index is 3.88. The molecule has 0 aromatic heterocycles. The lowest BCUT2D eigenvalue weighted by atomic mass is 10.0. The smallest absolute Gasteiger partial charge is 0.0742 e. The maximum atomic E-state index is 3.88. The first-order valence-corrected chi connectivity index (χ1v) is 11.4. The summed E-state index contributed by atoms with van der Waals surface area (Å²) in [6.07, 6.45) is 20.2. The van der Waals surface area contributed by atoms with Gasteiger partial charge in [0.2, 0.25) is 0 Å². The Morgan fingerprint density at radius 3 is 0.923 bits per heavy atom. The second kappa shape index (κ2) is 33.9. The van der Waals surface area contributed by atoms with E-state index >= 15 is 0 Å². The van der Waals surface area contributed by atoms with Gasteiger partial charge in [0.05, 0.1) is 26.2 Å². The summed E-state index contributed by atoms with van der Waals surface area (Å²) in [5, 5.41) is 0. The predicted molar refractivity (Wildman–Crippen MR) is 111 cm³/mol. The summed E-state index contributed by atoms with van der Waals surface area (Å²) in [4.78, 5) is 1.68. The Labute approximate surface area is 201 Å². The molecule has 4 heteroatoms. The van der Waals surface area contributed by atoms with E-state index in [1.54, 1.807) is 4.90 Å². The van der Waals surface area contributed by atoms with Crippen LogP contribution in [-0.2, 0) is 0 Å². The van der Waals surface area contributed by atoms with Crippen LogP contribution in [-0.4, -0.2) is 26.2 Å². The molecule has 0 aliphatic rings.